The van der Waals surface area contributed by atoms with Crippen LogP contribution in [0.25, 0.3) is 0 Å². The molecule has 1 saturated carbocycles. The molecule has 0 bridgehead atoms. The molecule has 114 valence electrons. The molecule has 0 spiro atoms. The second kappa shape index (κ2) is 7.22. The number of ether oxygens (including phenoxy) is 1. The van der Waals surface area contributed by atoms with Crippen LogP contribution in [0.15, 0.2) is 16.6 Å². The fourth-order valence-electron chi connectivity index (χ4n) is 2.51. The van der Waals surface area contributed by atoms with E-state index in [-0.39, 0.29) is 34.8 Å². The van der Waals surface area contributed by atoms with Gasteiger partial charge in [0.1, 0.15) is 6.61 Å². The maximum atomic E-state index is 12.1. The number of nitro groups is 1. The molecule has 1 aliphatic rings. The zero-order valence-corrected chi connectivity index (χ0v) is 13.7. The summed E-state index contributed by atoms with van der Waals surface area (Å²) in [4.78, 5) is 22.6. The Morgan fingerprint density at radius 1 is 1.38 bits per heavy atom. The molecule has 0 aromatic heterocycles. The molecular weight excluding hydrogens is 362 g/mol. The molecule has 0 atom stereocenters. The van der Waals surface area contributed by atoms with Crippen molar-refractivity contribution in [3.05, 3.63) is 31.7 Å². The average Bonchev–Trinajstić information content (AvgIpc) is 2.46. The highest BCUT2D eigenvalue weighted by Crippen LogP contribution is 2.38. The second-order valence-electron chi connectivity index (χ2n) is 5.08. The van der Waals surface area contributed by atoms with Gasteiger partial charge in [-0.25, -0.2) is 0 Å². The number of ketones is 1. The van der Waals surface area contributed by atoms with E-state index in [9.17, 15) is 14.9 Å². The standard InChI is InChI=1S/C14H15BrClNO4/c15-11-6-10(16)7-12(17(19)20)14(11)21-8-13(18)9-4-2-1-3-5-9/h6-7,9H,1-5,8H2. The maximum Gasteiger partial charge on any atom is 0.313 e. The maximum absolute atomic E-state index is 12.1. The van der Waals surface area contributed by atoms with Gasteiger partial charge in [-0.05, 0) is 34.8 Å². The van der Waals surface area contributed by atoms with Crippen LogP contribution in [-0.4, -0.2) is 17.3 Å². The lowest BCUT2D eigenvalue weighted by Crippen LogP contribution is -2.23. The van der Waals surface area contributed by atoms with Crippen LogP contribution in [0.5, 0.6) is 5.75 Å². The number of benzene rings is 1. The second-order valence-corrected chi connectivity index (χ2v) is 6.37. The molecule has 0 unspecified atom stereocenters. The third-order valence-corrected chi connectivity index (χ3v) is 4.41. The van der Waals surface area contributed by atoms with E-state index in [1.54, 1.807) is 0 Å². The number of halogens is 2. The molecule has 1 aliphatic carbocycles. The number of nitro benzene ring substituents is 1. The van der Waals surface area contributed by atoms with Crippen molar-refractivity contribution in [2.45, 2.75) is 32.1 Å². The number of nitrogens with zero attached hydrogens (tertiary/aromatic N) is 1. The van der Waals surface area contributed by atoms with Crippen LogP contribution in [-0.2, 0) is 4.79 Å². The van der Waals surface area contributed by atoms with Crippen molar-refractivity contribution >= 4 is 39.0 Å². The summed E-state index contributed by atoms with van der Waals surface area (Å²) in [5.41, 5.74) is -0.245. The Kier molecular flexibility index (Phi) is 5.58. The lowest BCUT2D eigenvalue weighted by molar-refractivity contribution is -0.385. The van der Waals surface area contributed by atoms with Gasteiger partial charge < -0.3 is 4.74 Å². The highest BCUT2D eigenvalue weighted by Gasteiger charge is 2.24. The van der Waals surface area contributed by atoms with Gasteiger partial charge in [0.2, 0.25) is 5.75 Å². The predicted octanol–water partition coefficient (Wildman–Crippen LogP) is 4.54. The van der Waals surface area contributed by atoms with E-state index in [0.717, 1.165) is 25.7 Å². The zero-order valence-electron chi connectivity index (χ0n) is 11.3. The Morgan fingerprint density at radius 2 is 2.05 bits per heavy atom. The van der Waals surface area contributed by atoms with Crippen LogP contribution in [0.4, 0.5) is 5.69 Å². The number of Topliss-reactive ketones (excluding diaryl/α,β-unsaturated/α-hetero) is 1. The SMILES string of the molecule is O=C(COc1c(Br)cc(Cl)cc1[N+](=O)[O-])C1CCCCC1. The van der Waals surface area contributed by atoms with Crippen molar-refractivity contribution < 1.29 is 14.5 Å². The topological polar surface area (TPSA) is 69.4 Å². The summed E-state index contributed by atoms with van der Waals surface area (Å²) in [7, 11) is 0. The van der Waals surface area contributed by atoms with Gasteiger partial charge in [-0.1, -0.05) is 30.9 Å². The van der Waals surface area contributed by atoms with Crippen molar-refractivity contribution in [3.63, 3.8) is 0 Å². The molecule has 2 rings (SSSR count). The molecule has 7 heteroatoms. The Bertz CT molecular complexity index is 558. The van der Waals surface area contributed by atoms with E-state index >= 15 is 0 Å². The third kappa shape index (κ3) is 4.17. The van der Waals surface area contributed by atoms with Crippen LogP contribution >= 0.6 is 27.5 Å². The first-order chi connectivity index (χ1) is 9.99. The molecule has 1 fully saturated rings. The number of carbonyl (C=O) groups is 1. The smallest absolute Gasteiger partial charge is 0.313 e. The summed E-state index contributed by atoms with van der Waals surface area (Å²) in [6, 6.07) is 2.72. The van der Waals surface area contributed by atoms with Gasteiger partial charge in [-0.2, -0.15) is 0 Å². The quantitative estimate of drug-likeness (QED) is 0.559. The highest BCUT2D eigenvalue weighted by molar-refractivity contribution is 9.10. The first-order valence-corrected chi connectivity index (χ1v) is 7.95. The number of carbonyl (C=O) groups excluding carboxylic acids is 1. The molecule has 5 nitrogen and oxygen atoms in total. The van der Waals surface area contributed by atoms with Crippen molar-refractivity contribution in [2.24, 2.45) is 5.92 Å². The molecule has 0 radical (unpaired) electrons. The predicted molar refractivity (Wildman–Crippen MR) is 82.9 cm³/mol. The summed E-state index contributed by atoms with van der Waals surface area (Å²) in [6.45, 7) is -0.147. The largest absolute Gasteiger partial charge is 0.478 e. The van der Waals surface area contributed by atoms with E-state index in [2.05, 4.69) is 15.9 Å². The Balaban J connectivity index is 2.08. The van der Waals surface area contributed by atoms with E-state index in [0.29, 0.717) is 4.47 Å². The van der Waals surface area contributed by atoms with Gasteiger partial charge in [-0.3, -0.25) is 14.9 Å². The van der Waals surface area contributed by atoms with Crippen LogP contribution in [0.1, 0.15) is 32.1 Å². The monoisotopic (exact) mass is 375 g/mol. The average molecular weight is 377 g/mol. The molecule has 0 saturated heterocycles. The van der Waals surface area contributed by atoms with E-state index < -0.39 is 4.92 Å². The van der Waals surface area contributed by atoms with E-state index in [1.807, 2.05) is 0 Å². The summed E-state index contributed by atoms with van der Waals surface area (Å²) in [6.07, 6.45) is 5.04. The summed E-state index contributed by atoms with van der Waals surface area (Å²) in [5.74, 6) is 0.0725. The number of rotatable bonds is 5. The lowest BCUT2D eigenvalue weighted by Gasteiger charge is -2.20. The molecule has 0 heterocycles. The normalized spacial score (nSPS) is 15.7. The molecule has 1 aromatic carbocycles. The Labute approximate surface area is 135 Å². The molecular formula is C14H15BrClNO4. The minimum atomic E-state index is -0.572. The lowest BCUT2D eigenvalue weighted by atomic mass is 9.86. The van der Waals surface area contributed by atoms with Gasteiger partial charge in [0, 0.05) is 17.0 Å². The minimum absolute atomic E-state index is 0.00541. The van der Waals surface area contributed by atoms with Gasteiger partial charge >= 0.3 is 5.69 Å². The minimum Gasteiger partial charge on any atom is -0.478 e. The van der Waals surface area contributed by atoms with Crippen LogP contribution in [0.3, 0.4) is 0 Å². The fourth-order valence-corrected chi connectivity index (χ4v) is 3.42. The first kappa shape index (κ1) is 16.2. The fraction of sp³-hybridized carbons (Fsp3) is 0.500. The number of hydrogen-bond acceptors (Lipinski definition) is 4. The van der Waals surface area contributed by atoms with E-state index in [4.69, 9.17) is 16.3 Å². The summed E-state index contributed by atoms with van der Waals surface area (Å²) < 4.78 is 5.78. The van der Waals surface area contributed by atoms with Crippen molar-refractivity contribution in [1.82, 2.24) is 0 Å². The van der Waals surface area contributed by atoms with Crippen molar-refractivity contribution in [1.29, 1.82) is 0 Å². The van der Waals surface area contributed by atoms with Gasteiger partial charge in [0.15, 0.2) is 5.78 Å². The molecule has 0 N–H and O–H groups in total. The number of hydrogen-bond donors (Lipinski definition) is 0. The van der Waals surface area contributed by atoms with Crippen molar-refractivity contribution in [3.8, 4) is 5.75 Å². The third-order valence-electron chi connectivity index (χ3n) is 3.60. The van der Waals surface area contributed by atoms with E-state index in [1.165, 1.54) is 18.6 Å². The first-order valence-electron chi connectivity index (χ1n) is 6.78. The van der Waals surface area contributed by atoms with Gasteiger partial charge in [0.05, 0.1) is 9.40 Å². The van der Waals surface area contributed by atoms with Gasteiger partial charge in [0.25, 0.3) is 0 Å². The molecule has 1 aromatic rings. The summed E-state index contributed by atoms with van der Waals surface area (Å²) >= 11 is 8.98. The summed E-state index contributed by atoms with van der Waals surface area (Å²) in [5, 5.41) is 11.3. The molecule has 0 amide bonds. The molecule has 0 aliphatic heterocycles. The highest BCUT2D eigenvalue weighted by atomic mass is 79.9. The Morgan fingerprint density at radius 3 is 2.67 bits per heavy atom. The van der Waals surface area contributed by atoms with Gasteiger partial charge in [-0.15, -0.1) is 0 Å². The zero-order chi connectivity index (χ0) is 15.4. The Hall–Kier alpha value is -1.14. The molecule has 21 heavy (non-hydrogen) atoms. The van der Waals surface area contributed by atoms with Crippen LogP contribution < -0.4 is 4.74 Å². The van der Waals surface area contributed by atoms with Crippen molar-refractivity contribution in [2.75, 3.05) is 6.61 Å². The van der Waals surface area contributed by atoms with Crippen LogP contribution in [0, 0.1) is 16.0 Å². The van der Waals surface area contributed by atoms with Crippen LogP contribution in [0.2, 0.25) is 5.02 Å².